The van der Waals surface area contributed by atoms with Crippen LogP contribution < -0.4 is 10.1 Å². The monoisotopic (exact) mass is 369 g/mol. The fourth-order valence-electron chi connectivity index (χ4n) is 2.58. The van der Waals surface area contributed by atoms with Gasteiger partial charge < -0.3 is 4.74 Å². The van der Waals surface area contributed by atoms with Crippen molar-refractivity contribution >= 4 is 55.0 Å². The summed E-state index contributed by atoms with van der Waals surface area (Å²) in [5.74, 6) is 0.312. The van der Waals surface area contributed by atoms with Gasteiger partial charge in [-0.05, 0) is 23.6 Å². The molecule has 1 amide bonds. The first kappa shape index (κ1) is 15.8. The molecule has 2 heterocycles. The Morgan fingerprint density at radius 2 is 2.00 bits per heavy atom. The minimum atomic E-state index is -0.356. The van der Waals surface area contributed by atoms with Crippen LogP contribution in [-0.4, -0.2) is 23.0 Å². The molecule has 2 aromatic heterocycles. The Balaban J connectivity index is 1.68. The maximum Gasteiger partial charge on any atom is 0.276 e. The molecular weight excluding hydrogens is 358 g/mol. The third-order valence-corrected chi connectivity index (χ3v) is 4.97. The molecule has 0 bridgehead atoms. The summed E-state index contributed by atoms with van der Waals surface area (Å²) in [6.45, 7) is 0. The Morgan fingerprint density at radius 1 is 1.16 bits per heavy atom. The highest BCUT2D eigenvalue weighted by Crippen LogP contribution is 2.32. The molecule has 0 aliphatic rings. The second-order valence-corrected chi connectivity index (χ2v) is 6.69. The number of methoxy groups -OCH3 is 1. The summed E-state index contributed by atoms with van der Waals surface area (Å²) < 4.78 is 6.23. The fourth-order valence-corrected chi connectivity index (χ4v) is 3.72. The number of benzene rings is 2. The van der Waals surface area contributed by atoms with Crippen LogP contribution in [0.25, 0.3) is 21.0 Å². The number of thiazole rings is 1. The molecule has 25 heavy (non-hydrogen) atoms. The lowest BCUT2D eigenvalue weighted by Gasteiger charge is -2.05. The number of ether oxygens (including phenoxy) is 1. The molecule has 7 heteroatoms. The second kappa shape index (κ2) is 6.31. The normalized spacial score (nSPS) is 11.0. The number of anilines is 1. The van der Waals surface area contributed by atoms with Crippen LogP contribution in [0.5, 0.6) is 5.75 Å². The van der Waals surface area contributed by atoms with Gasteiger partial charge in [-0.15, -0.1) is 0 Å². The van der Waals surface area contributed by atoms with Gasteiger partial charge in [0.2, 0.25) is 0 Å². The van der Waals surface area contributed by atoms with E-state index in [2.05, 4.69) is 15.3 Å². The zero-order valence-electron chi connectivity index (χ0n) is 13.1. The molecule has 1 N–H and O–H groups in total. The van der Waals surface area contributed by atoms with Gasteiger partial charge in [-0.3, -0.25) is 10.1 Å². The number of nitrogens with zero attached hydrogens (tertiary/aromatic N) is 2. The van der Waals surface area contributed by atoms with Crippen molar-refractivity contribution in [2.75, 3.05) is 12.4 Å². The average Bonchev–Trinajstić information content (AvgIpc) is 3.04. The van der Waals surface area contributed by atoms with E-state index in [1.807, 2.05) is 42.5 Å². The smallest absolute Gasteiger partial charge is 0.276 e. The van der Waals surface area contributed by atoms with Crippen LogP contribution in [0.1, 0.15) is 10.5 Å². The number of nitrogens with one attached hydrogen (secondary N) is 1. The van der Waals surface area contributed by atoms with E-state index in [0.717, 1.165) is 21.0 Å². The maximum absolute atomic E-state index is 12.5. The number of hydrogen-bond donors (Lipinski definition) is 1. The van der Waals surface area contributed by atoms with Crippen molar-refractivity contribution in [3.8, 4) is 5.75 Å². The number of halogens is 1. The quantitative estimate of drug-likeness (QED) is 0.529. The molecule has 0 radical (unpaired) electrons. The summed E-state index contributed by atoms with van der Waals surface area (Å²) in [7, 11) is 1.59. The van der Waals surface area contributed by atoms with Gasteiger partial charge in [0.1, 0.15) is 22.1 Å². The zero-order chi connectivity index (χ0) is 17.4. The Kier molecular flexibility index (Phi) is 3.99. The van der Waals surface area contributed by atoms with Crippen molar-refractivity contribution in [2.45, 2.75) is 0 Å². The Hall–Kier alpha value is -2.70. The Bertz CT molecular complexity index is 1110. The van der Waals surface area contributed by atoms with E-state index < -0.39 is 0 Å². The Labute approximate surface area is 152 Å². The summed E-state index contributed by atoms with van der Waals surface area (Å²) in [4.78, 5) is 21.2. The number of rotatable bonds is 3. The van der Waals surface area contributed by atoms with E-state index in [4.69, 9.17) is 16.3 Å². The minimum absolute atomic E-state index is 0.245. The highest BCUT2D eigenvalue weighted by Gasteiger charge is 2.15. The van der Waals surface area contributed by atoms with Crippen LogP contribution in [0.3, 0.4) is 0 Å². The number of carbonyl (C=O) groups excluding carboxylic acids is 1. The largest absolute Gasteiger partial charge is 0.494 e. The van der Waals surface area contributed by atoms with E-state index in [1.54, 1.807) is 13.2 Å². The summed E-state index contributed by atoms with van der Waals surface area (Å²) in [5.41, 5.74) is 0.963. The molecule has 0 aliphatic heterocycles. The van der Waals surface area contributed by atoms with Crippen molar-refractivity contribution in [3.63, 3.8) is 0 Å². The number of fused-ring (bicyclic) bond motifs is 2. The van der Waals surface area contributed by atoms with Crippen LogP contribution in [0, 0.1) is 0 Å². The molecule has 4 aromatic rings. The number of hydrogen-bond acceptors (Lipinski definition) is 5. The lowest BCUT2D eigenvalue weighted by atomic mass is 10.1. The van der Waals surface area contributed by atoms with Gasteiger partial charge in [0, 0.05) is 5.39 Å². The molecule has 0 unspecified atom stereocenters. The number of amides is 1. The molecule has 2 aromatic carbocycles. The molecule has 0 saturated carbocycles. The van der Waals surface area contributed by atoms with E-state index in [-0.39, 0.29) is 11.6 Å². The summed E-state index contributed by atoms with van der Waals surface area (Å²) in [5, 5.41) is 5.24. The zero-order valence-corrected chi connectivity index (χ0v) is 14.7. The minimum Gasteiger partial charge on any atom is -0.494 e. The van der Waals surface area contributed by atoms with Crippen molar-refractivity contribution < 1.29 is 9.53 Å². The first-order valence-corrected chi connectivity index (χ1v) is 8.65. The average molecular weight is 370 g/mol. The lowest BCUT2D eigenvalue weighted by molar-refractivity contribution is 0.102. The molecule has 0 spiro atoms. The van der Waals surface area contributed by atoms with Crippen LogP contribution in [-0.2, 0) is 0 Å². The van der Waals surface area contributed by atoms with E-state index >= 15 is 0 Å². The third-order valence-electron chi connectivity index (χ3n) is 3.75. The van der Waals surface area contributed by atoms with Crippen molar-refractivity contribution in [2.24, 2.45) is 0 Å². The van der Waals surface area contributed by atoms with Crippen LogP contribution in [0.2, 0.25) is 5.15 Å². The van der Waals surface area contributed by atoms with Gasteiger partial charge in [-0.1, -0.05) is 53.3 Å². The first-order valence-electron chi connectivity index (χ1n) is 7.46. The first-order chi connectivity index (χ1) is 12.2. The highest BCUT2D eigenvalue weighted by molar-refractivity contribution is 7.22. The van der Waals surface area contributed by atoms with Gasteiger partial charge in [0.15, 0.2) is 5.13 Å². The number of para-hydroxylation sites is 1. The lowest BCUT2D eigenvalue weighted by Crippen LogP contribution is -2.13. The predicted octanol–water partition coefficient (Wildman–Crippen LogP) is 4.76. The van der Waals surface area contributed by atoms with Crippen LogP contribution >= 0.6 is 22.9 Å². The molecule has 124 valence electrons. The summed E-state index contributed by atoms with van der Waals surface area (Å²) in [6.07, 6.45) is 0. The van der Waals surface area contributed by atoms with Gasteiger partial charge in [-0.2, -0.15) is 0 Å². The fraction of sp³-hybridized carbons (Fsp3) is 0.0556. The molecule has 0 fully saturated rings. The van der Waals surface area contributed by atoms with Gasteiger partial charge in [0.05, 0.1) is 11.8 Å². The van der Waals surface area contributed by atoms with Crippen molar-refractivity contribution in [1.29, 1.82) is 0 Å². The number of aromatic nitrogens is 2. The maximum atomic E-state index is 12.5. The van der Waals surface area contributed by atoms with Crippen LogP contribution in [0.4, 0.5) is 5.13 Å². The van der Waals surface area contributed by atoms with Crippen molar-refractivity contribution in [3.05, 3.63) is 59.4 Å². The van der Waals surface area contributed by atoms with Gasteiger partial charge in [-0.25, -0.2) is 9.97 Å². The SMILES string of the molecule is COc1cccc2sc(NC(=O)c3cc4ccccc4c(Cl)n3)nc12. The van der Waals surface area contributed by atoms with E-state index in [9.17, 15) is 4.79 Å². The molecule has 0 atom stereocenters. The predicted molar refractivity (Wildman–Crippen MR) is 101 cm³/mol. The number of pyridine rings is 1. The van der Waals surface area contributed by atoms with Crippen LogP contribution in [0.15, 0.2) is 48.5 Å². The Morgan fingerprint density at radius 3 is 2.84 bits per heavy atom. The summed E-state index contributed by atoms with van der Waals surface area (Å²) in [6, 6.07) is 14.9. The van der Waals surface area contributed by atoms with Gasteiger partial charge in [0.25, 0.3) is 5.91 Å². The van der Waals surface area contributed by atoms with Gasteiger partial charge >= 0.3 is 0 Å². The highest BCUT2D eigenvalue weighted by atomic mass is 35.5. The topological polar surface area (TPSA) is 64.1 Å². The van der Waals surface area contributed by atoms with E-state index in [0.29, 0.717) is 16.0 Å². The molecule has 5 nitrogen and oxygen atoms in total. The molecule has 4 rings (SSSR count). The molecule has 0 saturated heterocycles. The van der Waals surface area contributed by atoms with E-state index in [1.165, 1.54) is 11.3 Å². The summed E-state index contributed by atoms with van der Waals surface area (Å²) >= 11 is 7.57. The third kappa shape index (κ3) is 2.90. The van der Waals surface area contributed by atoms with Crippen molar-refractivity contribution in [1.82, 2.24) is 9.97 Å². The number of carbonyl (C=O) groups is 1. The molecule has 0 aliphatic carbocycles. The standard InChI is InChI=1S/C18H12ClN3O2S/c1-24-13-7-4-8-14-15(13)21-18(25-14)22-17(23)12-9-10-5-2-3-6-11(10)16(19)20-12/h2-9H,1H3,(H,21,22,23). The molecular formula is C18H12ClN3O2S. The second-order valence-electron chi connectivity index (χ2n) is 5.30.